The molecule has 0 saturated carbocycles. The molecule has 6 rings (SSSR count). The van der Waals surface area contributed by atoms with Crippen molar-refractivity contribution in [2.45, 2.75) is 25.6 Å². The van der Waals surface area contributed by atoms with Crippen LogP contribution in [0.4, 0.5) is 0 Å². The number of ether oxygens (including phenoxy) is 2. The number of hydrazone groups is 1. The lowest BCUT2D eigenvalue weighted by Gasteiger charge is -2.38. The Kier molecular flexibility index (Phi) is 5.93. The lowest BCUT2D eigenvalue weighted by atomic mass is 9.97. The standard InChI is InChI=1S/C28H20Br2N2O4/c1-16-2-12-26(34-16)23-15-24-22-14-20(30)9-13-25(22)36-27(32(24)31-23)17-5-10-21(11-6-17)35-28(33)18-3-7-19(29)8-4-18/h2-14,24,27H,15H2,1H3. The number of rotatable bonds is 4. The topological polar surface area (TPSA) is 64.3 Å². The quantitative estimate of drug-likeness (QED) is 0.177. The molecule has 0 bridgehead atoms. The summed E-state index contributed by atoms with van der Waals surface area (Å²) in [5, 5.41) is 6.92. The van der Waals surface area contributed by atoms with Crippen molar-refractivity contribution >= 4 is 43.5 Å². The van der Waals surface area contributed by atoms with Gasteiger partial charge in [-0.05, 0) is 85.8 Å². The first kappa shape index (κ1) is 23.1. The number of carbonyl (C=O) groups is 1. The zero-order valence-corrected chi connectivity index (χ0v) is 22.3. The van der Waals surface area contributed by atoms with Gasteiger partial charge in [-0.1, -0.05) is 31.9 Å². The fraction of sp³-hybridized carbons (Fsp3) is 0.143. The van der Waals surface area contributed by atoms with Gasteiger partial charge in [0.15, 0.2) is 0 Å². The number of carbonyl (C=O) groups excluding carboxylic acids is 1. The molecule has 36 heavy (non-hydrogen) atoms. The van der Waals surface area contributed by atoms with Gasteiger partial charge in [0.2, 0.25) is 6.23 Å². The van der Waals surface area contributed by atoms with E-state index in [-0.39, 0.29) is 6.04 Å². The molecule has 3 heterocycles. The van der Waals surface area contributed by atoms with Gasteiger partial charge in [0.25, 0.3) is 0 Å². The van der Waals surface area contributed by atoms with Crippen molar-refractivity contribution in [1.82, 2.24) is 5.01 Å². The lowest BCUT2D eigenvalue weighted by molar-refractivity contribution is -0.0191. The van der Waals surface area contributed by atoms with Crippen LogP contribution in [0, 0.1) is 6.92 Å². The summed E-state index contributed by atoms with van der Waals surface area (Å²) in [6.07, 6.45) is 0.271. The maximum Gasteiger partial charge on any atom is 0.343 e. The fourth-order valence-corrected chi connectivity index (χ4v) is 5.11. The molecule has 0 radical (unpaired) electrons. The monoisotopic (exact) mass is 606 g/mol. The van der Waals surface area contributed by atoms with Crippen molar-refractivity contribution < 1.29 is 18.7 Å². The minimum absolute atomic E-state index is 0.00608. The molecule has 0 spiro atoms. The third kappa shape index (κ3) is 4.35. The summed E-state index contributed by atoms with van der Waals surface area (Å²) >= 11 is 6.96. The number of fused-ring (bicyclic) bond motifs is 3. The summed E-state index contributed by atoms with van der Waals surface area (Å²) in [6, 6.07) is 24.4. The summed E-state index contributed by atoms with van der Waals surface area (Å²) in [7, 11) is 0. The second-order valence-corrected chi connectivity index (χ2v) is 10.5. The number of halogens is 2. The van der Waals surface area contributed by atoms with E-state index in [1.165, 1.54) is 0 Å². The van der Waals surface area contributed by atoms with Crippen LogP contribution < -0.4 is 9.47 Å². The minimum atomic E-state index is -0.437. The van der Waals surface area contributed by atoms with Gasteiger partial charge in [-0.2, -0.15) is 5.10 Å². The van der Waals surface area contributed by atoms with Crippen LogP contribution in [0.5, 0.6) is 11.5 Å². The largest absolute Gasteiger partial charge is 0.464 e. The molecule has 2 unspecified atom stereocenters. The first-order chi connectivity index (χ1) is 17.4. The van der Waals surface area contributed by atoms with Gasteiger partial charge in [0.1, 0.15) is 28.7 Å². The predicted octanol–water partition coefficient (Wildman–Crippen LogP) is 7.57. The second-order valence-electron chi connectivity index (χ2n) is 8.67. The van der Waals surface area contributed by atoms with E-state index in [1.807, 2.05) is 60.5 Å². The molecule has 1 aromatic heterocycles. The highest BCUT2D eigenvalue weighted by Gasteiger charge is 2.41. The highest BCUT2D eigenvalue weighted by Crippen LogP contribution is 2.48. The molecule has 4 aromatic rings. The van der Waals surface area contributed by atoms with Crippen molar-refractivity contribution in [3.8, 4) is 11.5 Å². The van der Waals surface area contributed by atoms with Gasteiger partial charge < -0.3 is 13.9 Å². The Labute approximate surface area is 224 Å². The highest BCUT2D eigenvalue weighted by molar-refractivity contribution is 9.10. The van der Waals surface area contributed by atoms with E-state index in [2.05, 4.69) is 37.9 Å². The first-order valence-electron chi connectivity index (χ1n) is 11.4. The average molecular weight is 608 g/mol. The van der Waals surface area contributed by atoms with Crippen molar-refractivity contribution in [1.29, 1.82) is 0 Å². The number of hydrogen-bond acceptors (Lipinski definition) is 6. The predicted molar refractivity (Wildman–Crippen MR) is 142 cm³/mol. The Morgan fingerprint density at radius 3 is 2.44 bits per heavy atom. The molecule has 0 N–H and O–H groups in total. The summed E-state index contributed by atoms with van der Waals surface area (Å²) in [6.45, 7) is 1.93. The van der Waals surface area contributed by atoms with E-state index in [1.54, 1.807) is 24.3 Å². The molecule has 8 heteroatoms. The Hall–Kier alpha value is -3.36. The zero-order valence-electron chi connectivity index (χ0n) is 19.2. The maximum atomic E-state index is 12.5. The fourth-order valence-electron chi connectivity index (χ4n) is 4.47. The van der Waals surface area contributed by atoms with Crippen LogP contribution in [-0.2, 0) is 0 Å². The summed E-state index contributed by atoms with van der Waals surface area (Å²) in [5.74, 6) is 2.49. The van der Waals surface area contributed by atoms with Crippen molar-refractivity contribution in [3.05, 3.63) is 116 Å². The van der Waals surface area contributed by atoms with Gasteiger partial charge >= 0.3 is 5.97 Å². The Morgan fingerprint density at radius 2 is 1.72 bits per heavy atom. The van der Waals surface area contributed by atoms with E-state index in [9.17, 15) is 4.79 Å². The van der Waals surface area contributed by atoms with Crippen molar-refractivity contribution in [3.63, 3.8) is 0 Å². The molecule has 2 aliphatic heterocycles. The Balaban J connectivity index is 1.29. The summed E-state index contributed by atoms with van der Waals surface area (Å²) in [4.78, 5) is 12.5. The van der Waals surface area contributed by atoms with E-state index >= 15 is 0 Å². The number of esters is 1. The van der Waals surface area contributed by atoms with E-state index in [0.29, 0.717) is 17.7 Å². The number of furan rings is 1. The third-order valence-electron chi connectivity index (χ3n) is 6.23. The third-order valence-corrected chi connectivity index (χ3v) is 7.25. The lowest BCUT2D eigenvalue weighted by Crippen LogP contribution is -2.33. The number of nitrogens with zero attached hydrogens (tertiary/aromatic N) is 2. The Bertz CT molecular complexity index is 1480. The van der Waals surface area contributed by atoms with Crippen molar-refractivity contribution in [2.75, 3.05) is 0 Å². The normalized spacial score (nSPS) is 18.2. The van der Waals surface area contributed by atoms with Crippen LogP contribution in [0.25, 0.3) is 0 Å². The van der Waals surface area contributed by atoms with Gasteiger partial charge in [-0.3, -0.25) is 0 Å². The van der Waals surface area contributed by atoms with Crippen LogP contribution in [-0.4, -0.2) is 16.7 Å². The van der Waals surface area contributed by atoms with Gasteiger partial charge in [0, 0.05) is 26.5 Å². The molecular weight excluding hydrogens is 588 g/mol. The highest BCUT2D eigenvalue weighted by atomic mass is 79.9. The molecule has 0 fully saturated rings. The van der Waals surface area contributed by atoms with Gasteiger partial charge in [0.05, 0.1) is 11.6 Å². The smallest absolute Gasteiger partial charge is 0.343 e. The van der Waals surface area contributed by atoms with Crippen molar-refractivity contribution in [2.24, 2.45) is 5.10 Å². The molecule has 0 aliphatic carbocycles. The number of aryl methyl sites for hydroxylation is 1. The molecule has 6 nitrogen and oxygen atoms in total. The van der Waals surface area contributed by atoms with E-state index < -0.39 is 12.2 Å². The summed E-state index contributed by atoms with van der Waals surface area (Å²) in [5.41, 5.74) is 3.34. The summed E-state index contributed by atoms with van der Waals surface area (Å²) < 4.78 is 19.7. The second kappa shape index (κ2) is 9.26. The van der Waals surface area contributed by atoms with Crippen LogP contribution >= 0.6 is 31.9 Å². The van der Waals surface area contributed by atoms with Crippen LogP contribution in [0.1, 0.15) is 51.7 Å². The van der Waals surface area contributed by atoms with Gasteiger partial charge in [-0.25, -0.2) is 9.80 Å². The van der Waals surface area contributed by atoms with Crippen LogP contribution in [0.3, 0.4) is 0 Å². The molecular formula is C28H20Br2N2O4. The molecule has 0 amide bonds. The molecule has 0 saturated heterocycles. The molecule has 180 valence electrons. The average Bonchev–Trinajstić information content (AvgIpc) is 3.51. The number of benzene rings is 3. The minimum Gasteiger partial charge on any atom is -0.464 e. The van der Waals surface area contributed by atoms with Crippen LogP contribution in [0.15, 0.2) is 97.3 Å². The maximum absolute atomic E-state index is 12.5. The Morgan fingerprint density at radius 1 is 0.972 bits per heavy atom. The molecule has 2 aliphatic rings. The number of hydrogen-bond donors (Lipinski definition) is 0. The van der Waals surface area contributed by atoms with Crippen LogP contribution in [0.2, 0.25) is 0 Å². The first-order valence-corrected chi connectivity index (χ1v) is 13.0. The van der Waals surface area contributed by atoms with E-state index in [4.69, 9.17) is 19.0 Å². The van der Waals surface area contributed by atoms with Gasteiger partial charge in [-0.15, -0.1) is 0 Å². The molecule has 2 atom stereocenters. The molecule has 3 aromatic carbocycles. The SMILES string of the molecule is Cc1ccc(C2=NN3C(C2)c2cc(Br)ccc2OC3c2ccc(OC(=O)c3ccc(Br)cc3)cc2)o1. The zero-order chi connectivity index (χ0) is 24.8. The van der Waals surface area contributed by atoms with E-state index in [0.717, 1.165) is 43.1 Å².